The molecule has 3 amide bonds. The lowest BCUT2D eigenvalue weighted by Gasteiger charge is -2.14. The molecule has 0 radical (unpaired) electrons. The van der Waals surface area contributed by atoms with Crippen LogP contribution in [0.3, 0.4) is 0 Å². The van der Waals surface area contributed by atoms with Crippen LogP contribution in [0, 0.1) is 0 Å². The fraction of sp³-hybridized carbons (Fsp3) is 0.100. The lowest BCUT2D eigenvalue weighted by molar-refractivity contribution is 0.0967. The summed E-state index contributed by atoms with van der Waals surface area (Å²) in [5.41, 5.74) is 1.58. The van der Waals surface area contributed by atoms with Gasteiger partial charge in [0, 0.05) is 24.1 Å². The molecule has 0 spiro atoms. The predicted molar refractivity (Wildman–Crippen MR) is 105 cm³/mol. The Morgan fingerprint density at radius 3 is 2.52 bits per heavy atom. The predicted octanol–water partition coefficient (Wildman–Crippen LogP) is 4.49. The maximum absolute atomic E-state index is 12.2. The van der Waals surface area contributed by atoms with Crippen molar-refractivity contribution in [2.24, 2.45) is 0 Å². The Balaban J connectivity index is 1.73. The highest BCUT2D eigenvalue weighted by atomic mass is 35.5. The minimum absolute atomic E-state index is 0.229. The van der Waals surface area contributed by atoms with Crippen LogP contribution < -0.4 is 15.4 Å². The lowest BCUT2D eigenvalue weighted by atomic mass is 10.2. The second-order valence-electron chi connectivity index (χ2n) is 5.59. The van der Waals surface area contributed by atoms with Gasteiger partial charge in [0.05, 0.1) is 22.9 Å². The van der Waals surface area contributed by atoms with Crippen molar-refractivity contribution in [3.05, 3.63) is 77.6 Å². The number of anilines is 1. The van der Waals surface area contributed by atoms with Gasteiger partial charge in [0.25, 0.3) is 5.91 Å². The number of carbonyl (C=O) groups is 2. The number of hydrogen-bond acceptors (Lipinski definition) is 3. The zero-order valence-electron chi connectivity index (χ0n) is 14.6. The van der Waals surface area contributed by atoms with Gasteiger partial charge in [-0.05, 0) is 43.3 Å². The van der Waals surface area contributed by atoms with Crippen molar-refractivity contribution in [1.29, 1.82) is 0 Å². The Labute approximate surface area is 161 Å². The maximum atomic E-state index is 12.2. The lowest BCUT2D eigenvalue weighted by Crippen LogP contribution is -2.34. The minimum atomic E-state index is -0.656. The maximum Gasteiger partial charge on any atom is 0.326 e. The van der Waals surface area contributed by atoms with E-state index in [1.807, 2.05) is 42.1 Å². The van der Waals surface area contributed by atoms with Gasteiger partial charge in [0.15, 0.2) is 0 Å². The van der Waals surface area contributed by atoms with Crippen LogP contribution in [0.1, 0.15) is 17.3 Å². The number of ether oxygens (including phenoxy) is 1. The molecule has 3 aromatic rings. The van der Waals surface area contributed by atoms with E-state index < -0.39 is 11.9 Å². The van der Waals surface area contributed by atoms with E-state index in [2.05, 4.69) is 10.6 Å². The summed E-state index contributed by atoms with van der Waals surface area (Å²) in [5, 5.41) is 5.17. The molecule has 3 rings (SSSR count). The molecule has 0 bridgehead atoms. The van der Waals surface area contributed by atoms with E-state index in [0.717, 1.165) is 5.69 Å². The standard InChI is InChI=1S/C20H18ClN3O3/c1-2-27-18-13-14(9-10-17(18)24-11-5-6-12-24)22-20(26)23-19(25)15-7-3-4-8-16(15)21/h3-13H,2H2,1H3,(H2,22,23,25,26). The molecule has 2 N–H and O–H groups in total. The van der Waals surface area contributed by atoms with Crippen molar-refractivity contribution in [1.82, 2.24) is 9.88 Å². The van der Waals surface area contributed by atoms with Gasteiger partial charge in [-0.2, -0.15) is 0 Å². The molecule has 0 aliphatic carbocycles. The molecule has 0 atom stereocenters. The average Bonchev–Trinajstić information content (AvgIpc) is 3.17. The molecule has 27 heavy (non-hydrogen) atoms. The summed E-state index contributed by atoms with van der Waals surface area (Å²) >= 11 is 5.97. The fourth-order valence-electron chi connectivity index (χ4n) is 2.55. The van der Waals surface area contributed by atoms with E-state index in [9.17, 15) is 9.59 Å². The zero-order chi connectivity index (χ0) is 19.2. The Morgan fingerprint density at radius 2 is 1.81 bits per heavy atom. The number of halogens is 1. The van der Waals surface area contributed by atoms with Crippen molar-refractivity contribution in [3.8, 4) is 11.4 Å². The Hall–Kier alpha value is -3.25. The molecule has 2 aromatic carbocycles. The van der Waals surface area contributed by atoms with Crippen LogP contribution in [0.2, 0.25) is 5.02 Å². The number of nitrogens with one attached hydrogen (secondary N) is 2. The Kier molecular flexibility index (Phi) is 5.78. The summed E-state index contributed by atoms with van der Waals surface area (Å²) < 4.78 is 7.58. The summed E-state index contributed by atoms with van der Waals surface area (Å²) in [5.74, 6) is 0.0380. The summed E-state index contributed by atoms with van der Waals surface area (Å²) in [6, 6.07) is 15.0. The summed E-state index contributed by atoms with van der Waals surface area (Å²) in [4.78, 5) is 24.3. The molecule has 7 heteroatoms. The number of hydrogen-bond donors (Lipinski definition) is 2. The number of aromatic nitrogens is 1. The first-order chi connectivity index (χ1) is 13.1. The van der Waals surface area contributed by atoms with Gasteiger partial charge in [0.1, 0.15) is 5.75 Å². The molecule has 138 valence electrons. The highest BCUT2D eigenvalue weighted by molar-refractivity contribution is 6.34. The monoisotopic (exact) mass is 383 g/mol. The summed E-state index contributed by atoms with van der Waals surface area (Å²) in [7, 11) is 0. The number of benzene rings is 2. The summed E-state index contributed by atoms with van der Waals surface area (Å²) in [6.45, 7) is 2.36. The van der Waals surface area contributed by atoms with Crippen LogP contribution in [0.4, 0.5) is 10.5 Å². The SMILES string of the molecule is CCOc1cc(NC(=O)NC(=O)c2ccccc2Cl)ccc1-n1cccc1. The van der Waals surface area contributed by atoms with Crippen molar-refractivity contribution >= 4 is 29.2 Å². The molecule has 1 aromatic heterocycles. The highest BCUT2D eigenvalue weighted by Crippen LogP contribution is 2.27. The molecule has 0 unspecified atom stereocenters. The van der Waals surface area contributed by atoms with E-state index in [4.69, 9.17) is 16.3 Å². The molecular weight excluding hydrogens is 366 g/mol. The van der Waals surface area contributed by atoms with Gasteiger partial charge in [0.2, 0.25) is 0 Å². The van der Waals surface area contributed by atoms with Gasteiger partial charge in [-0.25, -0.2) is 4.79 Å². The van der Waals surface area contributed by atoms with Gasteiger partial charge in [-0.1, -0.05) is 23.7 Å². The number of urea groups is 1. The molecule has 0 saturated carbocycles. The molecule has 1 heterocycles. The number of imide groups is 1. The van der Waals surface area contributed by atoms with Crippen LogP contribution in [0.15, 0.2) is 67.0 Å². The van der Waals surface area contributed by atoms with Crippen molar-refractivity contribution in [3.63, 3.8) is 0 Å². The van der Waals surface area contributed by atoms with Gasteiger partial charge in [-0.15, -0.1) is 0 Å². The molecule has 0 aliphatic heterocycles. The van der Waals surface area contributed by atoms with Crippen molar-refractivity contribution in [2.45, 2.75) is 6.92 Å². The van der Waals surface area contributed by atoms with E-state index in [-0.39, 0.29) is 10.6 Å². The first-order valence-corrected chi connectivity index (χ1v) is 8.73. The first-order valence-electron chi connectivity index (χ1n) is 8.35. The quantitative estimate of drug-likeness (QED) is 0.681. The van der Waals surface area contributed by atoms with E-state index in [1.165, 1.54) is 0 Å². The van der Waals surface area contributed by atoms with Crippen LogP contribution in [-0.4, -0.2) is 23.1 Å². The second-order valence-corrected chi connectivity index (χ2v) is 6.00. The largest absolute Gasteiger partial charge is 0.492 e. The van der Waals surface area contributed by atoms with Crippen LogP contribution in [-0.2, 0) is 0 Å². The number of nitrogens with zero attached hydrogens (tertiary/aromatic N) is 1. The summed E-state index contributed by atoms with van der Waals surface area (Å²) in [6.07, 6.45) is 3.81. The normalized spacial score (nSPS) is 10.3. The third kappa shape index (κ3) is 4.48. The van der Waals surface area contributed by atoms with Gasteiger partial charge >= 0.3 is 6.03 Å². The van der Waals surface area contributed by atoms with E-state index in [1.54, 1.807) is 36.4 Å². The smallest absolute Gasteiger partial charge is 0.326 e. The Bertz CT molecular complexity index is 955. The molecule has 6 nitrogen and oxygen atoms in total. The third-order valence-corrected chi connectivity index (χ3v) is 4.08. The van der Waals surface area contributed by atoms with Crippen LogP contribution in [0.5, 0.6) is 5.75 Å². The third-order valence-electron chi connectivity index (χ3n) is 3.75. The minimum Gasteiger partial charge on any atom is -0.492 e. The zero-order valence-corrected chi connectivity index (χ0v) is 15.4. The highest BCUT2D eigenvalue weighted by Gasteiger charge is 2.14. The van der Waals surface area contributed by atoms with Crippen molar-refractivity contribution < 1.29 is 14.3 Å². The van der Waals surface area contributed by atoms with Gasteiger partial charge < -0.3 is 14.6 Å². The first kappa shape index (κ1) is 18.5. The molecule has 0 saturated heterocycles. The molecular formula is C20H18ClN3O3. The van der Waals surface area contributed by atoms with Crippen molar-refractivity contribution in [2.75, 3.05) is 11.9 Å². The second kappa shape index (κ2) is 8.42. The van der Waals surface area contributed by atoms with Crippen LogP contribution in [0.25, 0.3) is 5.69 Å². The average molecular weight is 384 g/mol. The fourth-order valence-corrected chi connectivity index (χ4v) is 2.77. The van der Waals surface area contributed by atoms with E-state index in [0.29, 0.717) is 18.0 Å². The topological polar surface area (TPSA) is 72.4 Å². The number of amides is 3. The molecule has 0 fully saturated rings. The van der Waals surface area contributed by atoms with Gasteiger partial charge in [-0.3, -0.25) is 10.1 Å². The van der Waals surface area contributed by atoms with E-state index >= 15 is 0 Å². The van der Waals surface area contributed by atoms with Crippen LogP contribution >= 0.6 is 11.6 Å². The number of carbonyl (C=O) groups excluding carboxylic acids is 2. The Morgan fingerprint density at radius 1 is 1.07 bits per heavy atom. The molecule has 0 aliphatic rings. The number of rotatable bonds is 5.